The zero-order valence-corrected chi connectivity index (χ0v) is 15.7. The van der Waals surface area contributed by atoms with Crippen molar-refractivity contribution in [3.8, 4) is 5.75 Å². The number of nitrogens with two attached hydrogens (primary N) is 1. The highest BCUT2D eigenvalue weighted by atomic mass is 16.4. The lowest BCUT2D eigenvalue weighted by Crippen LogP contribution is -2.51. The molecule has 0 spiro atoms. The molecule has 1 aliphatic heterocycles. The number of carbonyl (C=O) groups is 2. The van der Waals surface area contributed by atoms with Crippen molar-refractivity contribution < 1.29 is 24.2 Å². The minimum absolute atomic E-state index is 0.00737. The van der Waals surface area contributed by atoms with Crippen molar-refractivity contribution in [1.82, 2.24) is 25.7 Å². The predicted molar refractivity (Wildman–Crippen MR) is 101 cm³/mol. The number of nitrogens with one attached hydrogen (secondary N) is 2. The Morgan fingerprint density at radius 3 is 2.52 bits per heavy atom. The number of carboxylic acid groups (broad SMARTS) is 1. The molecule has 3 rings (SSSR count). The molecule has 0 radical (unpaired) electrons. The highest BCUT2D eigenvalue weighted by Crippen LogP contribution is 2.21. The van der Waals surface area contributed by atoms with E-state index in [1.54, 1.807) is 29.2 Å². The van der Waals surface area contributed by atoms with Crippen LogP contribution in [0.2, 0.25) is 0 Å². The molecular weight excluding hydrogens is 380 g/mol. The van der Waals surface area contributed by atoms with E-state index < -0.39 is 24.5 Å². The van der Waals surface area contributed by atoms with Crippen LogP contribution >= 0.6 is 0 Å². The Balaban J connectivity index is 1.68. The van der Waals surface area contributed by atoms with E-state index in [0.29, 0.717) is 32.6 Å². The van der Waals surface area contributed by atoms with Crippen molar-refractivity contribution in [2.75, 3.05) is 26.2 Å². The van der Waals surface area contributed by atoms with Gasteiger partial charge in [0.05, 0.1) is 12.5 Å². The predicted octanol–water partition coefficient (Wildman–Crippen LogP) is 0.148. The first-order valence-corrected chi connectivity index (χ1v) is 9.27. The molecule has 0 unspecified atom stereocenters. The summed E-state index contributed by atoms with van der Waals surface area (Å²) < 4.78 is 5.59. The van der Waals surface area contributed by atoms with Crippen LogP contribution in [-0.4, -0.2) is 63.5 Å². The zero-order chi connectivity index (χ0) is 20.8. The van der Waals surface area contributed by atoms with Gasteiger partial charge in [0.2, 0.25) is 11.8 Å². The number of hydrogen-bond acceptors (Lipinski definition) is 8. The van der Waals surface area contributed by atoms with Gasteiger partial charge < -0.3 is 35.9 Å². The van der Waals surface area contributed by atoms with Crippen LogP contribution < -0.4 is 16.4 Å². The molecule has 11 nitrogen and oxygen atoms in total. The first-order chi connectivity index (χ1) is 13.9. The Morgan fingerprint density at radius 1 is 1.21 bits per heavy atom. The monoisotopic (exact) mass is 404 g/mol. The molecule has 6 N–H and O–H groups in total. The van der Waals surface area contributed by atoms with Crippen LogP contribution in [0.3, 0.4) is 0 Å². The van der Waals surface area contributed by atoms with E-state index in [-0.39, 0.29) is 23.6 Å². The summed E-state index contributed by atoms with van der Waals surface area (Å²) >= 11 is 0. The molecule has 0 bridgehead atoms. The van der Waals surface area contributed by atoms with Gasteiger partial charge >= 0.3 is 12.0 Å². The van der Waals surface area contributed by atoms with Crippen LogP contribution in [0.4, 0.5) is 4.79 Å². The van der Waals surface area contributed by atoms with Crippen molar-refractivity contribution in [3.63, 3.8) is 0 Å². The molecule has 1 aliphatic rings. The number of hydrogen-bond donors (Lipinski definition) is 5. The van der Waals surface area contributed by atoms with Gasteiger partial charge in [-0.2, -0.15) is 0 Å². The van der Waals surface area contributed by atoms with E-state index in [2.05, 4.69) is 20.8 Å². The van der Waals surface area contributed by atoms with Crippen LogP contribution in [0.5, 0.6) is 5.75 Å². The van der Waals surface area contributed by atoms with Crippen LogP contribution in [0.1, 0.15) is 35.8 Å². The Morgan fingerprint density at radius 2 is 1.86 bits per heavy atom. The number of piperazine rings is 1. The van der Waals surface area contributed by atoms with E-state index in [1.807, 2.05) is 0 Å². The van der Waals surface area contributed by atoms with Gasteiger partial charge in [0.25, 0.3) is 0 Å². The van der Waals surface area contributed by atoms with Crippen LogP contribution in [0.25, 0.3) is 0 Å². The minimum atomic E-state index is -1.11. The molecular formula is C18H24N6O5. The van der Waals surface area contributed by atoms with Crippen molar-refractivity contribution >= 4 is 12.0 Å². The highest BCUT2D eigenvalue weighted by molar-refractivity contribution is 5.76. The van der Waals surface area contributed by atoms with Crippen LogP contribution in [0.15, 0.2) is 28.7 Å². The van der Waals surface area contributed by atoms with Gasteiger partial charge in [0.1, 0.15) is 11.8 Å². The molecule has 0 saturated carbocycles. The first kappa shape index (κ1) is 20.6. The Kier molecular flexibility index (Phi) is 6.62. The number of rotatable bonds is 7. The topological polar surface area (TPSA) is 167 Å². The number of aliphatic carboxylic acids is 1. The lowest BCUT2D eigenvalue weighted by atomic mass is 10.1. The van der Waals surface area contributed by atoms with Gasteiger partial charge in [-0.3, -0.25) is 4.79 Å². The van der Waals surface area contributed by atoms with Crippen LogP contribution in [-0.2, 0) is 11.2 Å². The second kappa shape index (κ2) is 9.34. The summed E-state index contributed by atoms with van der Waals surface area (Å²) in [7, 11) is 0. The smallest absolute Gasteiger partial charge is 0.318 e. The number of aromatic nitrogens is 2. The average molecular weight is 404 g/mol. The summed E-state index contributed by atoms with van der Waals surface area (Å²) in [5, 5.41) is 32.2. The van der Waals surface area contributed by atoms with Crippen molar-refractivity contribution in [3.05, 3.63) is 41.6 Å². The average Bonchev–Trinajstić information content (AvgIpc) is 3.20. The fourth-order valence-electron chi connectivity index (χ4n) is 2.99. The van der Waals surface area contributed by atoms with Gasteiger partial charge in [0.15, 0.2) is 0 Å². The quantitative estimate of drug-likeness (QED) is 0.431. The van der Waals surface area contributed by atoms with Gasteiger partial charge in [-0.05, 0) is 24.1 Å². The molecule has 11 heteroatoms. The number of aromatic hydroxyl groups is 1. The lowest BCUT2D eigenvalue weighted by molar-refractivity contribution is -0.137. The normalized spacial score (nSPS) is 16.2. The van der Waals surface area contributed by atoms with Crippen molar-refractivity contribution in [2.45, 2.75) is 24.9 Å². The summed E-state index contributed by atoms with van der Waals surface area (Å²) in [6.45, 7) is 2.40. The summed E-state index contributed by atoms with van der Waals surface area (Å²) in [6.07, 6.45) is -0.00862. The van der Waals surface area contributed by atoms with E-state index >= 15 is 0 Å². The number of amides is 2. The summed E-state index contributed by atoms with van der Waals surface area (Å²) in [5.41, 5.74) is 6.99. The Bertz CT molecular complexity index is 834. The Hall–Kier alpha value is -3.18. The Labute approximate surface area is 166 Å². The third-order valence-electron chi connectivity index (χ3n) is 4.54. The maximum atomic E-state index is 12.4. The lowest BCUT2D eigenvalue weighted by Gasteiger charge is -2.28. The number of carboxylic acids is 1. The fourth-order valence-corrected chi connectivity index (χ4v) is 2.99. The third kappa shape index (κ3) is 5.65. The number of benzene rings is 1. The number of carbonyl (C=O) groups excluding carboxylic acids is 1. The van der Waals surface area contributed by atoms with Crippen molar-refractivity contribution in [2.24, 2.45) is 5.73 Å². The summed E-state index contributed by atoms with van der Waals surface area (Å²) in [6, 6.07) is 4.60. The molecule has 29 heavy (non-hydrogen) atoms. The molecule has 2 atom stereocenters. The van der Waals surface area contributed by atoms with E-state index in [4.69, 9.17) is 10.2 Å². The second-order valence-electron chi connectivity index (χ2n) is 6.79. The molecule has 1 aromatic carbocycles. The molecule has 1 aromatic heterocycles. The number of nitrogens with zero attached hydrogens (tertiary/aromatic N) is 3. The molecule has 2 amide bonds. The molecule has 2 heterocycles. The van der Waals surface area contributed by atoms with Crippen LogP contribution in [0, 0.1) is 0 Å². The number of phenols is 1. The summed E-state index contributed by atoms with van der Waals surface area (Å²) in [5.74, 6) is -0.824. The molecule has 1 saturated heterocycles. The molecule has 1 fully saturated rings. The van der Waals surface area contributed by atoms with Gasteiger partial charge in [-0.15, -0.1) is 10.2 Å². The van der Waals surface area contributed by atoms with Gasteiger partial charge in [-0.25, -0.2) is 4.79 Å². The second-order valence-corrected chi connectivity index (χ2v) is 6.79. The summed E-state index contributed by atoms with van der Waals surface area (Å²) in [4.78, 5) is 25.3. The third-order valence-corrected chi connectivity index (χ3v) is 4.54. The minimum Gasteiger partial charge on any atom is -0.508 e. The standard InChI is InChI=1S/C18H24N6O5/c19-13(9-11-1-3-12(25)4-2-11)16-22-23-17(29-16)14(10-15(26)27)21-18(28)24-7-5-20-6-8-24/h1-4,13-14,20,25H,5-10,19H2,(H,21,28)(H,26,27)/t13-,14-/m0/s1. The number of phenolic OH excluding ortho intramolecular Hbond substituents is 1. The van der Waals surface area contributed by atoms with E-state index in [1.165, 1.54) is 0 Å². The van der Waals surface area contributed by atoms with E-state index in [9.17, 15) is 19.8 Å². The number of urea groups is 1. The maximum absolute atomic E-state index is 12.4. The maximum Gasteiger partial charge on any atom is 0.318 e. The van der Waals surface area contributed by atoms with Gasteiger partial charge in [-0.1, -0.05) is 12.1 Å². The molecule has 156 valence electrons. The SMILES string of the molecule is N[C@@H](Cc1ccc(O)cc1)c1nnc([C@H](CC(=O)O)NC(=O)N2CCNCC2)o1. The van der Waals surface area contributed by atoms with Crippen molar-refractivity contribution in [1.29, 1.82) is 0 Å². The van der Waals surface area contributed by atoms with Gasteiger partial charge in [0, 0.05) is 26.2 Å². The molecule has 2 aromatic rings. The highest BCUT2D eigenvalue weighted by Gasteiger charge is 2.27. The molecule has 0 aliphatic carbocycles. The fraction of sp³-hybridized carbons (Fsp3) is 0.444. The van der Waals surface area contributed by atoms with E-state index in [0.717, 1.165) is 5.56 Å². The zero-order valence-electron chi connectivity index (χ0n) is 15.7. The largest absolute Gasteiger partial charge is 0.508 e. The first-order valence-electron chi connectivity index (χ1n) is 9.27.